The van der Waals surface area contributed by atoms with Crippen molar-refractivity contribution < 1.29 is 31.1 Å². The molecule has 0 radical (unpaired) electrons. The van der Waals surface area contributed by atoms with Crippen LogP contribution in [0.2, 0.25) is 0 Å². The van der Waals surface area contributed by atoms with Crippen LogP contribution in [-0.2, 0) is 9.84 Å². The number of halogens is 3. The molecule has 0 aliphatic rings. The summed E-state index contributed by atoms with van der Waals surface area (Å²) in [5.74, 6) is -0.408. The Labute approximate surface area is 141 Å². The minimum Gasteiger partial charge on any atom is -0.406 e. The summed E-state index contributed by atoms with van der Waals surface area (Å²) < 4.78 is 62.6. The third kappa shape index (κ3) is 5.99. The lowest BCUT2D eigenvalue weighted by Gasteiger charge is -2.10. The van der Waals surface area contributed by atoms with Crippen LogP contribution in [0.5, 0.6) is 5.75 Å². The van der Waals surface area contributed by atoms with Crippen molar-refractivity contribution in [1.82, 2.24) is 0 Å². The fourth-order valence-electron chi connectivity index (χ4n) is 1.82. The van der Waals surface area contributed by atoms with Crippen LogP contribution < -0.4 is 15.4 Å². The van der Waals surface area contributed by atoms with Gasteiger partial charge in [0.15, 0.2) is 9.84 Å². The Balaban J connectivity index is 1.96. The van der Waals surface area contributed by atoms with E-state index in [1.165, 1.54) is 36.4 Å². The molecule has 0 saturated carbocycles. The number of anilines is 2. The van der Waals surface area contributed by atoms with Crippen molar-refractivity contribution in [2.24, 2.45) is 0 Å². The van der Waals surface area contributed by atoms with Gasteiger partial charge in [-0.1, -0.05) is 0 Å². The normalized spacial score (nSPS) is 11.7. The molecule has 0 heterocycles. The summed E-state index contributed by atoms with van der Waals surface area (Å²) in [7, 11) is -3.33. The van der Waals surface area contributed by atoms with Gasteiger partial charge in [-0.15, -0.1) is 13.2 Å². The van der Waals surface area contributed by atoms with E-state index in [4.69, 9.17) is 0 Å². The van der Waals surface area contributed by atoms with E-state index < -0.39 is 28.0 Å². The number of carbonyl (C=O) groups is 1. The lowest BCUT2D eigenvalue weighted by molar-refractivity contribution is -0.274. The van der Waals surface area contributed by atoms with Crippen molar-refractivity contribution in [3.8, 4) is 5.75 Å². The number of urea groups is 1. The van der Waals surface area contributed by atoms with E-state index in [-0.39, 0.29) is 10.6 Å². The average molecular weight is 374 g/mol. The number of hydrogen-bond donors (Lipinski definition) is 2. The Hall–Kier alpha value is -2.75. The van der Waals surface area contributed by atoms with Gasteiger partial charge in [0.1, 0.15) is 5.75 Å². The molecule has 0 unspecified atom stereocenters. The Morgan fingerprint density at radius 3 is 1.76 bits per heavy atom. The Bertz CT molecular complexity index is 848. The van der Waals surface area contributed by atoms with Crippen LogP contribution in [0, 0.1) is 0 Å². The molecule has 6 nitrogen and oxygen atoms in total. The highest BCUT2D eigenvalue weighted by molar-refractivity contribution is 7.90. The number of ether oxygens (including phenoxy) is 1. The van der Waals surface area contributed by atoms with E-state index >= 15 is 0 Å². The quantitative estimate of drug-likeness (QED) is 0.856. The molecule has 25 heavy (non-hydrogen) atoms. The molecule has 2 aromatic rings. The van der Waals surface area contributed by atoms with Crippen LogP contribution in [0.25, 0.3) is 0 Å². The number of nitrogens with one attached hydrogen (secondary N) is 2. The van der Waals surface area contributed by atoms with E-state index in [1.807, 2.05) is 0 Å². The summed E-state index contributed by atoms with van der Waals surface area (Å²) in [5.41, 5.74) is 0.599. The Morgan fingerprint density at radius 1 is 0.920 bits per heavy atom. The van der Waals surface area contributed by atoms with Gasteiger partial charge in [0.05, 0.1) is 4.90 Å². The molecule has 134 valence electrons. The molecule has 0 atom stereocenters. The molecule has 2 rings (SSSR count). The van der Waals surface area contributed by atoms with Gasteiger partial charge < -0.3 is 15.4 Å². The number of benzene rings is 2. The minimum atomic E-state index is -4.79. The number of alkyl halides is 3. The summed E-state index contributed by atoms with van der Waals surface area (Å²) in [4.78, 5) is 11.9. The topological polar surface area (TPSA) is 84.5 Å². The van der Waals surface area contributed by atoms with E-state index in [9.17, 15) is 26.4 Å². The summed E-state index contributed by atoms with van der Waals surface area (Å²) in [5, 5.41) is 4.89. The summed E-state index contributed by atoms with van der Waals surface area (Å²) in [6.45, 7) is 0. The number of amides is 2. The molecule has 0 aromatic heterocycles. The highest BCUT2D eigenvalue weighted by Crippen LogP contribution is 2.24. The molecule has 0 aliphatic carbocycles. The lowest BCUT2D eigenvalue weighted by Crippen LogP contribution is -2.19. The monoisotopic (exact) mass is 374 g/mol. The first-order valence-corrected chi connectivity index (χ1v) is 8.66. The van der Waals surface area contributed by atoms with Crippen LogP contribution in [0.3, 0.4) is 0 Å². The molecule has 0 bridgehead atoms. The molecule has 2 amide bonds. The maximum Gasteiger partial charge on any atom is 0.573 e. The zero-order valence-electron chi connectivity index (χ0n) is 12.8. The first kappa shape index (κ1) is 18.6. The van der Waals surface area contributed by atoms with E-state index in [1.54, 1.807) is 0 Å². The van der Waals surface area contributed by atoms with Crippen LogP contribution in [0.1, 0.15) is 0 Å². The zero-order valence-corrected chi connectivity index (χ0v) is 13.6. The SMILES string of the molecule is CS(=O)(=O)c1ccc(NC(=O)Nc2ccc(OC(F)(F)F)cc2)cc1. The van der Waals surface area contributed by atoms with Gasteiger partial charge in [-0.25, -0.2) is 13.2 Å². The Morgan fingerprint density at radius 2 is 1.36 bits per heavy atom. The highest BCUT2D eigenvalue weighted by atomic mass is 32.2. The molecule has 10 heteroatoms. The maximum absolute atomic E-state index is 12.1. The van der Waals surface area contributed by atoms with Crippen LogP contribution >= 0.6 is 0 Å². The molecule has 0 saturated heterocycles. The number of rotatable bonds is 4. The van der Waals surface area contributed by atoms with Gasteiger partial charge in [-0.3, -0.25) is 0 Å². The minimum absolute atomic E-state index is 0.110. The second-order valence-corrected chi connectivity index (χ2v) is 6.96. The van der Waals surface area contributed by atoms with Crippen LogP contribution in [0.4, 0.5) is 29.3 Å². The predicted octanol–water partition coefficient (Wildman–Crippen LogP) is 3.63. The summed E-state index contributed by atoms with van der Waals surface area (Å²) in [6.07, 6.45) is -3.72. The molecular weight excluding hydrogens is 361 g/mol. The largest absolute Gasteiger partial charge is 0.573 e. The highest BCUT2D eigenvalue weighted by Gasteiger charge is 2.30. The second-order valence-electron chi connectivity index (χ2n) is 4.95. The lowest BCUT2D eigenvalue weighted by atomic mass is 10.3. The molecule has 2 N–H and O–H groups in total. The fraction of sp³-hybridized carbons (Fsp3) is 0.133. The summed E-state index contributed by atoms with van der Waals surface area (Å²) >= 11 is 0. The third-order valence-corrected chi connectivity index (χ3v) is 4.01. The summed E-state index contributed by atoms with van der Waals surface area (Å²) in [6, 6.07) is 9.47. The smallest absolute Gasteiger partial charge is 0.406 e. The molecule has 0 fully saturated rings. The van der Waals surface area contributed by atoms with Crippen molar-refractivity contribution in [3.63, 3.8) is 0 Å². The van der Waals surface area contributed by atoms with Gasteiger partial charge in [0, 0.05) is 17.6 Å². The van der Waals surface area contributed by atoms with Crippen molar-refractivity contribution in [2.75, 3.05) is 16.9 Å². The second kappa shape index (κ2) is 7.01. The predicted molar refractivity (Wildman–Crippen MR) is 85.3 cm³/mol. The third-order valence-electron chi connectivity index (χ3n) is 2.89. The first-order chi connectivity index (χ1) is 11.5. The average Bonchev–Trinajstić information content (AvgIpc) is 2.47. The van der Waals surface area contributed by atoms with Gasteiger partial charge in [-0.2, -0.15) is 0 Å². The molecule has 0 spiro atoms. The zero-order chi connectivity index (χ0) is 18.7. The van der Waals surface area contributed by atoms with E-state index in [2.05, 4.69) is 15.4 Å². The Kier molecular flexibility index (Phi) is 5.21. The van der Waals surface area contributed by atoms with Crippen LogP contribution in [-0.4, -0.2) is 27.1 Å². The van der Waals surface area contributed by atoms with Gasteiger partial charge >= 0.3 is 12.4 Å². The van der Waals surface area contributed by atoms with Crippen molar-refractivity contribution in [1.29, 1.82) is 0 Å². The maximum atomic E-state index is 12.1. The number of carbonyl (C=O) groups excluding carboxylic acids is 1. The van der Waals surface area contributed by atoms with Crippen molar-refractivity contribution >= 4 is 27.2 Å². The van der Waals surface area contributed by atoms with Gasteiger partial charge in [0.2, 0.25) is 0 Å². The van der Waals surface area contributed by atoms with Gasteiger partial charge in [-0.05, 0) is 48.5 Å². The van der Waals surface area contributed by atoms with E-state index in [0.29, 0.717) is 5.69 Å². The standard InChI is InChI=1S/C15H13F3N2O4S/c1-25(22,23)13-8-4-11(5-9-13)20-14(21)19-10-2-6-12(7-3-10)24-15(16,17)18/h2-9H,1H3,(H2,19,20,21). The number of hydrogen-bond acceptors (Lipinski definition) is 4. The number of sulfone groups is 1. The molecule has 2 aromatic carbocycles. The molecular formula is C15H13F3N2O4S. The van der Waals surface area contributed by atoms with Crippen molar-refractivity contribution in [3.05, 3.63) is 48.5 Å². The van der Waals surface area contributed by atoms with E-state index in [0.717, 1.165) is 18.4 Å². The first-order valence-electron chi connectivity index (χ1n) is 6.77. The van der Waals surface area contributed by atoms with Gasteiger partial charge in [0.25, 0.3) is 0 Å². The molecule has 0 aliphatic heterocycles. The fourth-order valence-corrected chi connectivity index (χ4v) is 2.45. The van der Waals surface area contributed by atoms with Crippen LogP contribution in [0.15, 0.2) is 53.4 Å². The van der Waals surface area contributed by atoms with Crippen molar-refractivity contribution in [2.45, 2.75) is 11.3 Å².